The third-order valence-electron chi connectivity index (χ3n) is 9.45. The molecular weight excluding hydrogens is 767 g/mol. The lowest BCUT2D eigenvalue weighted by molar-refractivity contribution is -0.141. The van der Waals surface area contributed by atoms with Crippen LogP contribution in [0.15, 0.2) is 95.1 Å². The Kier molecular flexibility index (Phi) is 13.1. The maximum atomic E-state index is 13.5. The molecule has 0 radical (unpaired) electrons. The van der Waals surface area contributed by atoms with Crippen molar-refractivity contribution in [3.63, 3.8) is 0 Å². The van der Waals surface area contributed by atoms with Gasteiger partial charge in [-0.05, 0) is 66.9 Å². The van der Waals surface area contributed by atoms with Crippen LogP contribution in [0, 0.1) is 0 Å². The number of imidazole rings is 1. The van der Waals surface area contributed by atoms with Crippen molar-refractivity contribution in [3.05, 3.63) is 113 Å². The molecule has 0 saturated carbocycles. The van der Waals surface area contributed by atoms with Crippen LogP contribution in [0.4, 0.5) is 11.5 Å². The van der Waals surface area contributed by atoms with E-state index in [0.29, 0.717) is 60.0 Å². The minimum atomic E-state index is -4.42. The molecule has 1 unspecified atom stereocenters. The van der Waals surface area contributed by atoms with Gasteiger partial charge in [0.25, 0.3) is 21.9 Å². The number of hydrogen-bond donors (Lipinski definition) is 6. The number of rotatable bonds is 17. The SMILES string of the molecule is CN(Cc1nc2ccccc2[nH]1)C(=O)c1ccc2c(c1)CN(CCCCCCNC(=O)c1ccc(NN=Cc3ccccc3S(=O)(=O)O)nc1)C(=O)C(CC(=O)O)N2. The number of nitrogens with zero attached hydrogens (tertiary/aromatic N) is 5. The largest absolute Gasteiger partial charge is 0.481 e. The molecule has 302 valence electrons. The van der Waals surface area contributed by atoms with E-state index >= 15 is 0 Å². The zero-order valence-electron chi connectivity index (χ0n) is 31.6. The van der Waals surface area contributed by atoms with Gasteiger partial charge in [0.2, 0.25) is 5.91 Å². The van der Waals surface area contributed by atoms with Gasteiger partial charge in [-0.3, -0.25) is 29.2 Å². The Morgan fingerprint density at radius 1 is 1.00 bits per heavy atom. The Morgan fingerprint density at radius 2 is 1.76 bits per heavy atom. The zero-order valence-corrected chi connectivity index (χ0v) is 32.4. The number of carboxylic acids is 1. The maximum absolute atomic E-state index is 13.5. The summed E-state index contributed by atoms with van der Waals surface area (Å²) in [5, 5.41) is 19.5. The first-order valence-corrected chi connectivity index (χ1v) is 20.0. The average molecular weight is 810 g/mol. The van der Waals surface area contributed by atoms with E-state index in [0.717, 1.165) is 23.9 Å². The highest BCUT2D eigenvalue weighted by molar-refractivity contribution is 7.86. The van der Waals surface area contributed by atoms with Gasteiger partial charge in [-0.1, -0.05) is 43.2 Å². The van der Waals surface area contributed by atoms with Gasteiger partial charge >= 0.3 is 5.97 Å². The number of fused-ring (bicyclic) bond motifs is 2. The van der Waals surface area contributed by atoms with Crippen molar-refractivity contribution in [3.8, 4) is 0 Å². The van der Waals surface area contributed by atoms with Crippen molar-refractivity contribution in [2.45, 2.75) is 56.1 Å². The van der Waals surface area contributed by atoms with Crippen molar-refractivity contribution in [1.82, 2.24) is 30.1 Å². The summed E-state index contributed by atoms with van der Waals surface area (Å²) in [6, 6.07) is 20.7. The maximum Gasteiger partial charge on any atom is 0.305 e. The number of hydrazone groups is 1. The first-order valence-electron chi connectivity index (χ1n) is 18.5. The summed E-state index contributed by atoms with van der Waals surface area (Å²) in [5.74, 6) is -1.01. The average Bonchev–Trinajstić information content (AvgIpc) is 3.56. The second-order valence-electron chi connectivity index (χ2n) is 13.8. The van der Waals surface area contributed by atoms with Crippen molar-refractivity contribution in [2.75, 3.05) is 30.9 Å². The van der Waals surface area contributed by atoms with Gasteiger partial charge in [0.1, 0.15) is 22.6 Å². The lowest BCUT2D eigenvalue weighted by Crippen LogP contribution is -2.42. The molecule has 17 nitrogen and oxygen atoms in total. The fourth-order valence-corrected chi connectivity index (χ4v) is 7.19. The zero-order chi connectivity index (χ0) is 41.2. The van der Waals surface area contributed by atoms with E-state index in [1.165, 1.54) is 30.6 Å². The summed E-state index contributed by atoms with van der Waals surface area (Å²) >= 11 is 0. The molecule has 5 aromatic rings. The number of aliphatic carboxylic acids is 1. The summed E-state index contributed by atoms with van der Waals surface area (Å²) in [6.45, 7) is 1.27. The smallest absolute Gasteiger partial charge is 0.305 e. The minimum Gasteiger partial charge on any atom is -0.481 e. The molecule has 18 heteroatoms. The summed E-state index contributed by atoms with van der Waals surface area (Å²) in [4.78, 5) is 66.2. The molecule has 0 bridgehead atoms. The van der Waals surface area contributed by atoms with Crippen LogP contribution in [0.5, 0.6) is 0 Å². The number of unbranched alkanes of at least 4 members (excludes halogenated alkanes) is 3. The predicted octanol–water partition coefficient (Wildman–Crippen LogP) is 4.51. The Labute approximate surface area is 334 Å². The van der Waals surface area contributed by atoms with Crippen LogP contribution < -0.4 is 16.1 Å². The van der Waals surface area contributed by atoms with E-state index in [1.807, 2.05) is 24.3 Å². The van der Waals surface area contributed by atoms with Crippen LogP contribution in [0.1, 0.15) is 69.8 Å². The molecule has 0 spiro atoms. The van der Waals surface area contributed by atoms with Crippen LogP contribution in [0.3, 0.4) is 0 Å². The summed E-state index contributed by atoms with van der Waals surface area (Å²) in [7, 11) is -2.73. The number of pyridine rings is 1. The van der Waals surface area contributed by atoms with E-state index in [4.69, 9.17) is 0 Å². The molecule has 3 aromatic carbocycles. The number of amides is 3. The minimum absolute atomic E-state index is 0.181. The monoisotopic (exact) mass is 809 g/mol. The lowest BCUT2D eigenvalue weighted by atomic mass is 10.1. The molecule has 1 atom stereocenters. The number of carbonyl (C=O) groups excluding carboxylic acids is 3. The molecule has 1 aliphatic heterocycles. The molecule has 58 heavy (non-hydrogen) atoms. The second-order valence-corrected chi connectivity index (χ2v) is 15.2. The molecule has 6 rings (SSSR count). The van der Waals surface area contributed by atoms with Gasteiger partial charge < -0.3 is 30.5 Å². The fourth-order valence-electron chi connectivity index (χ4n) is 6.52. The Balaban J connectivity index is 0.965. The molecule has 0 saturated heterocycles. The lowest BCUT2D eigenvalue weighted by Gasteiger charge is -2.24. The number of H-pyrrole nitrogens is 1. The first-order chi connectivity index (χ1) is 27.9. The Morgan fingerprint density at radius 3 is 2.52 bits per heavy atom. The highest BCUT2D eigenvalue weighted by Gasteiger charge is 2.31. The van der Waals surface area contributed by atoms with Gasteiger partial charge in [-0.2, -0.15) is 13.5 Å². The van der Waals surface area contributed by atoms with Gasteiger partial charge in [-0.25, -0.2) is 9.97 Å². The highest BCUT2D eigenvalue weighted by atomic mass is 32.2. The predicted molar refractivity (Wildman–Crippen MR) is 216 cm³/mol. The molecule has 3 amide bonds. The number of aromatic nitrogens is 3. The molecule has 0 aliphatic carbocycles. The number of carbonyl (C=O) groups is 4. The van der Waals surface area contributed by atoms with Gasteiger partial charge in [0.05, 0.1) is 35.8 Å². The van der Waals surface area contributed by atoms with Crippen LogP contribution in [0.25, 0.3) is 11.0 Å². The van der Waals surface area contributed by atoms with Crippen molar-refractivity contribution >= 4 is 62.6 Å². The Hall–Kier alpha value is -6.66. The molecular formula is C40H43N9O8S. The number of carboxylic acid groups (broad SMARTS) is 1. The standard InChI is InChI=1S/C40H43N9O8S/c1-48(25-36-45-31-11-5-6-12-32(31)46-36)39(53)26-14-16-30-29(20-26)24-49(40(54)33(44-30)21-37(50)51)19-9-3-2-8-18-41-38(52)28-15-17-35(42-22-28)47-43-23-27-10-4-7-13-34(27)58(55,56)57/h4-7,10-17,20,22-23,33,44H,2-3,8-9,18-19,21,24-25H2,1H3,(H,41,52)(H,42,47)(H,45,46)(H,50,51)(H,55,56,57). The first kappa shape index (κ1) is 41.0. The third-order valence-corrected chi connectivity index (χ3v) is 10.4. The number of benzene rings is 3. The van der Waals surface area contributed by atoms with Crippen LogP contribution >= 0.6 is 0 Å². The summed E-state index contributed by atoms with van der Waals surface area (Å²) in [5.41, 5.74) is 6.60. The van der Waals surface area contributed by atoms with Crippen molar-refractivity contribution < 1.29 is 37.3 Å². The number of nitrogens with one attached hydrogen (secondary N) is 4. The van der Waals surface area contributed by atoms with Crippen LogP contribution in [0.2, 0.25) is 0 Å². The summed E-state index contributed by atoms with van der Waals surface area (Å²) < 4.78 is 32.5. The number of anilines is 2. The summed E-state index contributed by atoms with van der Waals surface area (Å²) in [6.07, 6.45) is 5.07. The van der Waals surface area contributed by atoms with Crippen LogP contribution in [-0.4, -0.2) is 98.9 Å². The second kappa shape index (κ2) is 18.5. The quantitative estimate of drug-likeness (QED) is 0.0329. The van der Waals surface area contributed by atoms with E-state index < -0.39 is 28.6 Å². The number of aromatic amines is 1. The molecule has 6 N–H and O–H groups in total. The topological polar surface area (TPSA) is 239 Å². The normalized spacial score (nSPS) is 14.1. The van der Waals surface area contributed by atoms with Gasteiger partial charge in [0.15, 0.2) is 0 Å². The van der Waals surface area contributed by atoms with Gasteiger partial charge in [0, 0.05) is 49.7 Å². The fraction of sp³-hybridized carbons (Fsp3) is 0.275. The van der Waals surface area contributed by atoms with E-state index in [1.54, 1.807) is 53.2 Å². The van der Waals surface area contributed by atoms with Crippen molar-refractivity contribution in [2.24, 2.45) is 5.10 Å². The van der Waals surface area contributed by atoms with E-state index in [9.17, 15) is 37.3 Å². The van der Waals surface area contributed by atoms with Gasteiger partial charge in [-0.15, -0.1) is 0 Å². The third kappa shape index (κ3) is 10.6. The molecule has 1 aliphatic rings. The van der Waals surface area contributed by atoms with Crippen molar-refractivity contribution in [1.29, 1.82) is 0 Å². The van der Waals surface area contributed by atoms with E-state index in [2.05, 4.69) is 36.1 Å². The number of para-hydroxylation sites is 2. The molecule has 2 aromatic heterocycles. The Bertz CT molecular complexity index is 2400. The number of hydrogen-bond acceptors (Lipinski definition) is 11. The molecule has 3 heterocycles. The van der Waals surface area contributed by atoms with E-state index in [-0.39, 0.29) is 41.3 Å². The van der Waals surface area contributed by atoms with Crippen LogP contribution in [-0.2, 0) is 32.8 Å². The highest BCUT2D eigenvalue weighted by Crippen LogP contribution is 2.27. The molecule has 0 fully saturated rings.